The molecule has 25 heavy (non-hydrogen) atoms. The van der Waals surface area contributed by atoms with Gasteiger partial charge in [0.05, 0.1) is 4.92 Å². The summed E-state index contributed by atoms with van der Waals surface area (Å²) in [5.74, 6) is 0.241. The van der Waals surface area contributed by atoms with Crippen molar-refractivity contribution in [1.29, 1.82) is 0 Å². The average molecular weight is 333 g/mol. The molecular weight excluding hydrogens is 316 g/mol. The Bertz CT molecular complexity index is 918. The van der Waals surface area contributed by atoms with E-state index in [1.54, 1.807) is 30.3 Å². The van der Waals surface area contributed by atoms with Crippen LogP contribution in [0.4, 0.5) is 5.69 Å². The molecule has 0 amide bonds. The van der Waals surface area contributed by atoms with Crippen LogP contribution in [0.15, 0.2) is 73.1 Å². The SMILES string of the molecule is O=[N+]([O-])c1cccc(C[n+]2ccc(/C=C/c3cccc(O)c3)cc2)c1. The number of non-ortho nitro benzene ring substituents is 1. The first-order valence-electron chi connectivity index (χ1n) is 7.80. The van der Waals surface area contributed by atoms with Crippen molar-refractivity contribution < 1.29 is 14.6 Å². The third kappa shape index (κ3) is 4.51. The quantitative estimate of drug-likeness (QED) is 0.439. The Hall–Kier alpha value is -3.47. The lowest BCUT2D eigenvalue weighted by Gasteiger charge is -1.99. The van der Waals surface area contributed by atoms with Gasteiger partial charge in [-0.25, -0.2) is 4.57 Å². The summed E-state index contributed by atoms with van der Waals surface area (Å²) >= 11 is 0. The number of aromatic nitrogens is 1. The highest BCUT2D eigenvalue weighted by Gasteiger charge is 2.08. The minimum atomic E-state index is -0.385. The summed E-state index contributed by atoms with van der Waals surface area (Å²) in [7, 11) is 0. The van der Waals surface area contributed by atoms with Gasteiger partial charge in [0.2, 0.25) is 0 Å². The summed E-state index contributed by atoms with van der Waals surface area (Å²) in [6, 6.07) is 17.6. The first-order chi connectivity index (χ1) is 12.1. The van der Waals surface area contributed by atoms with Gasteiger partial charge in [-0.2, -0.15) is 0 Å². The molecule has 0 aliphatic carbocycles. The van der Waals surface area contributed by atoms with Crippen LogP contribution in [0.5, 0.6) is 5.75 Å². The number of nitro groups is 1. The van der Waals surface area contributed by atoms with Gasteiger partial charge in [0.25, 0.3) is 5.69 Å². The lowest BCUT2D eigenvalue weighted by Crippen LogP contribution is -2.33. The molecule has 1 heterocycles. The maximum atomic E-state index is 10.8. The van der Waals surface area contributed by atoms with Crippen molar-refractivity contribution in [3.05, 3.63) is 99.9 Å². The highest BCUT2D eigenvalue weighted by Crippen LogP contribution is 2.14. The number of hydrogen-bond acceptors (Lipinski definition) is 3. The zero-order valence-corrected chi connectivity index (χ0v) is 13.4. The van der Waals surface area contributed by atoms with Crippen molar-refractivity contribution in [1.82, 2.24) is 0 Å². The Kier molecular flexibility index (Phi) is 4.85. The molecule has 0 aliphatic rings. The highest BCUT2D eigenvalue weighted by molar-refractivity contribution is 5.69. The Morgan fingerprint density at radius 1 is 0.960 bits per heavy atom. The van der Waals surface area contributed by atoms with Gasteiger partial charge in [-0.3, -0.25) is 10.1 Å². The third-order valence-corrected chi connectivity index (χ3v) is 3.74. The molecule has 5 heteroatoms. The molecule has 0 radical (unpaired) electrons. The standard InChI is InChI=1S/C20H16N2O3/c23-20-6-2-3-17(14-20)8-7-16-9-11-21(12-10-16)15-18-4-1-5-19(13-18)22(24)25/h1-14H,15H2/p+1/b8-7+. The van der Waals surface area contributed by atoms with E-state index < -0.39 is 0 Å². The highest BCUT2D eigenvalue weighted by atomic mass is 16.6. The Morgan fingerprint density at radius 2 is 1.68 bits per heavy atom. The predicted octanol–water partition coefficient (Wildman–Crippen LogP) is 3.81. The number of pyridine rings is 1. The summed E-state index contributed by atoms with van der Waals surface area (Å²) in [6.07, 6.45) is 7.76. The van der Waals surface area contributed by atoms with Gasteiger partial charge in [0, 0.05) is 29.8 Å². The molecule has 0 atom stereocenters. The number of rotatable bonds is 5. The van der Waals surface area contributed by atoms with Gasteiger partial charge in [0.15, 0.2) is 18.9 Å². The van der Waals surface area contributed by atoms with Gasteiger partial charge in [0.1, 0.15) is 5.75 Å². The fourth-order valence-corrected chi connectivity index (χ4v) is 2.49. The van der Waals surface area contributed by atoms with Crippen LogP contribution in [-0.4, -0.2) is 10.0 Å². The topological polar surface area (TPSA) is 67.2 Å². The molecule has 0 unspecified atom stereocenters. The van der Waals surface area contributed by atoms with E-state index in [4.69, 9.17) is 0 Å². The minimum absolute atomic E-state index is 0.101. The van der Waals surface area contributed by atoms with Crippen LogP contribution >= 0.6 is 0 Å². The molecule has 3 rings (SSSR count). The van der Waals surface area contributed by atoms with E-state index in [2.05, 4.69) is 0 Å². The van der Waals surface area contributed by atoms with E-state index >= 15 is 0 Å². The molecule has 0 aliphatic heterocycles. The van der Waals surface area contributed by atoms with Crippen molar-refractivity contribution in [3.8, 4) is 5.75 Å². The lowest BCUT2D eigenvalue weighted by atomic mass is 10.1. The summed E-state index contributed by atoms with van der Waals surface area (Å²) < 4.78 is 1.96. The van der Waals surface area contributed by atoms with Crippen molar-refractivity contribution in [3.63, 3.8) is 0 Å². The Morgan fingerprint density at radius 3 is 2.40 bits per heavy atom. The normalized spacial score (nSPS) is 10.9. The van der Waals surface area contributed by atoms with Crippen molar-refractivity contribution in [2.75, 3.05) is 0 Å². The molecule has 0 saturated heterocycles. The maximum Gasteiger partial charge on any atom is 0.269 e. The zero-order valence-electron chi connectivity index (χ0n) is 13.4. The fraction of sp³-hybridized carbons (Fsp3) is 0.0500. The molecule has 3 aromatic rings. The van der Waals surface area contributed by atoms with E-state index in [1.165, 1.54) is 6.07 Å². The second kappa shape index (κ2) is 7.40. The van der Waals surface area contributed by atoms with Gasteiger partial charge in [-0.15, -0.1) is 0 Å². The third-order valence-electron chi connectivity index (χ3n) is 3.74. The predicted molar refractivity (Wildman–Crippen MR) is 95.9 cm³/mol. The summed E-state index contributed by atoms with van der Waals surface area (Å²) in [5.41, 5.74) is 2.93. The van der Waals surface area contributed by atoms with Crippen LogP contribution in [0.2, 0.25) is 0 Å². The number of nitrogens with zero attached hydrogens (tertiary/aromatic N) is 2. The van der Waals surface area contributed by atoms with E-state index in [-0.39, 0.29) is 16.4 Å². The average Bonchev–Trinajstić information content (AvgIpc) is 2.61. The smallest absolute Gasteiger partial charge is 0.269 e. The monoisotopic (exact) mass is 333 g/mol. The van der Waals surface area contributed by atoms with E-state index in [0.717, 1.165) is 16.7 Å². The molecule has 5 nitrogen and oxygen atoms in total. The van der Waals surface area contributed by atoms with Crippen LogP contribution in [0.1, 0.15) is 16.7 Å². The molecule has 0 bridgehead atoms. The summed E-state index contributed by atoms with van der Waals surface area (Å²) in [6.45, 7) is 0.568. The van der Waals surface area contributed by atoms with Gasteiger partial charge < -0.3 is 5.11 Å². The maximum absolute atomic E-state index is 10.8. The lowest BCUT2D eigenvalue weighted by molar-refractivity contribution is -0.688. The van der Waals surface area contributed by atoms with Crippen LogP contribution in [0, 0.1) is 10.1 Å². The summed E-state index contributed by atoms with van der Waals surface area (Å²) in [4.78, 5) is 10.5. The van der Waals surface area contributed by atoms with Crippen LogP contribution in [0.3, 0.4) is 0 Å². The molecule has 2 aromatic carbocycles. The molecule has 1 aromatic heterocycles. The van der Waals surface area contributed by atoms with Crippen LogP contribution in [-0.2, 0) is 6.54 Å². The second-order valence-corrected chi connectivity index (χ2v) is 5.66. The van der Waals surface area contributed by atoms with E-state index in [9.17, 15) is 15.2 Å². The first kappa shape index (κ1) is 16.4. The largest absolute Gasteiger partial charge is 0.508 e. The number of hydrogen-bond donors (Lipinski definition) is 1. The molecule has 0 saturated carbocycles. The van der Waals surface area contributed by atoms with Gasteiger partial charge in [-0.05, 0) is 23.3 Å². The number of phenols is 1. The van der Waals surface area contributed by atoms with Crippen molar-refractivity contribution in [2.24, 2.45) is 0 Å². The van der Waals surface area contributed by atoms with E-state index in [0.29, 0.717) is 6.54 Å². The molecule has 124 valence electrons. The molecule has 0 fully saturated rings. The van der Waals surface area contributed by atoms with Gasteiger partial charge >= 0.3 is 0 Å². The van der Waals surface area contributed by atoms with Crippen molar-refractivity contribution in [2.45, 2.75) is 6.54 Å². The molecule has 0 spiro atoms. The summed E-state index contributed by atoms with van der Waals surface area (Å²) in [5, 5.41) is 20.3. The number of nitro benzene ring substituents is 1. The van der Waals surface area contributed by atoms with Crippen LogP contribution < -0.4 is 4.57 Å². The first-order valence-corrected chi connectivity index (χ1v) is 7.80. The second-order valence-electron chi connectivity index (χ2n) is 5.66. The minimum Gasteiger partial charge on any atom is -0.508 e. The molecule has 1 N–H and O–H groups in total. The zero-order chi connectivity index (χ0) is 17.6. The number of benzene rings is 2. The number of phenolic OH excluding ortho intramolecular Hbond substituents is 1. The molecular formula is C20H17N2O3+. The number of aromatic hydroxyl groups is 1. The Balaban J connectivity index is 1.70. The van der Waals surface area contributed by atoms with E-state index in [1.807, 2.05) is 53.4 Å². The van der Waals surface area contributed by atoms with Crippen molar-refractivity contribution >= 4 is 17.8 Å². The van der Waals surface area contributed by atoms with Gasteiger partial charge in [-0.1, -0.05) is 36.4 Å². The fourth-order valence-electron chi connectivity index (χ4n) is 2.49. The van der Waals surface area contributed by atoms with Crippen LogP contribution in [0.25, 0.3) is 12.2 Å². The Labute approximate surface area is 145 Å².